The molecular weight excluding hydrogens is 433 g/mol. The third kappa shape index (κ3) is 17.6. The summed E-state index contributed by atoms with van der Waals surface area (Å²) >= 11 is 0. The average molecular weight is 489 g/mol. The Morgan fingerprint density at radius 2 is 0.742 bits per heavy atom. The Hall–Kier alpha value is 0.531. The van der Waals surface area contributed by atoms with E-state index in [0.29, 0.717) is 0 Å². The fourth-order valence-electron chi connectivity index (χ4n) is 4.98. The van der Waals surface area contributed by atoms with Crippen LogP contribution in [-0.2, 0) is 12.7 Å². The lowest BCUT2D eigenvalue weighted by Crippen LogP contribution is -2.54. The van der Waals surface area contributed by atoms with Crippen LogP contribution in [0.15, 0.2) is 0 Å². The molecule has 0 aromatic carbocycles. The summed E-state index contributed by atoms with van der Waals surface area (Å²) in [4.78, 5) is 0. The Morgan fingerprint density at radius 3 is 1.10 bits per heavy atom. The normalized spacial score (nSPS) is 26.9. The zero-order valence-corrected chi connectivity index (χ0v) is 25.2. The summed E-state index contributed by atoms with van der Waals surface area (Å²) in [5.74, 6) is 0. The van der Waals surface area contributed by atoms with E-state index in [-0.39, 0.29) is 0 Å². The largest absolute Gasteiger partial charge is 0.436 e. The topological polar surface area (TPSA) is 27.7 Å². The molecule has 0 radical (unpaired) electrons. The van der Waals surface area contributed by atoms with Gasteiger partial charge in [-0.2, -0.15) is 0 Å². The van der Waals surface area contributed by atoms with Crippen molar-refractivity contribution >= 4 is 25.4 Å². The first kappa shape index (κ1) is 29.6. The van der Waals surface area contributed by atoms with E-state index in [2.05, 4.69) is 39.3 Å². The lowest BCUT2D eigenvalue weighted by atomic mass is 10.4. The van der Waals surface area contributed by atoms with Crippen LogP contribution >= 0.6 is 0 Å². The Balaban J connectivity index is 0.000000255. The Labute approximate surface area is 199 Å². The predicted octanol–water partition coefficient (Wildman–Crippen LogP) is 9.29. The first-order valence-corrected chi connectivity index (χ1v) is 22.4. The van der Waals surface area contributed by atoms with Gasteiger partial charge in [0.2, 0.25) is 0 Å². The summed E-state index contributed by atoms with van der Waals surface area (Å²) in [6.45, 7) is 14.0. The van der Waals surface area contributed by atoms with E-state index in [1.54, 1.807) is 0 Å². The molecule has 0 spiro atoms. The SMILES string of the molecule is C1CCCC1.C1CCCC1.C1CCCC1.C[Si]1(C)CCCCO[Si](C)(C)O[Si](C)(C)O1. The van der Waals surface area contributed by atoms with Gasteiger partial charge in [-0.1, -0.05) is 103 Å². The molecular formula is C25H56O3Si3. The molecule has 31 heavy (non-hydrogen) atoms. The van der Waals surface area contributed by atoms with Gasteiger partial charge >= 0.3 is 17.1 Å². The first-order valence-electron chi connectivity index (χ1n) is 13.7. The van der Waals surface area contributed by atoms with Crippen molar-refractivity contribution in [3.63, 3.8) is 0 Å². The van der Waals surface area contributed by atoms with Gasteiger partial charge in [0.1, 0.15) is 0 Å². The zero-order chi connectivity index (χ0) is 23.1. The Morgan fingerprint density at radius 1 is 0.387 bits per heavy atom. The smallest absolute Gasteiger partial charge is 0.322 e. The lowest BCUT2D eigenvalue weighted by Gasteiger charge is -2.39. The molecule has 3 nitrogen and oxygen atoms in total. The minimum atomic E-state index is -2.00. The molecule has 4 aliphatic rings. The van der Waals surface area contributed by atoms with Crippen LogP contribution in [0.1, 0.15) is 109 Å². The van der Waals surface area contributed by atoms with Crippen molar-refractivity contribution in [1.82, 2.24) is 0 Å². The van der Waals surface area contributed by atoms with E-state index < -0.39 is 25.4 Å². The van der Waals surface area contributed by atoms with Crippen LogP contribution in [-0.4, -0.2) is 32.0 Å². The van der Waals surface area contributed by atoms with E-state index in [1.165, 1.54) is 109 Å². The van der Waals surface area contributed by atoms with Crippen LogP contribution in [0.25, 0.3) is 0 Å². The molecule has 4 fully saturated rings. The molecule has 0 unspecified atom stereocenters. The second-order valence-electron chi connectivity index (χ2n) is 11.4. The van der Waals surface area contributed by atoms with Gasteiger partial charge in [-0.15, -0.1) is 0 Å². The van der Waals surface area contributed by atoms with Gasteiger partial charge in [-0.05, 0) is 51.7 Å². The minimum absolute atomic E-state index is 0.855. The molecule has 1 saturated heterocycles. The van der Waals surface area contributed by atoms with Crippen LogP contribution in [0.3, 0.4) is 0 Å². The van der Waals surface area contributed by atoms with E-state index in [1.807, 2.05) is 0 Å². The zero-order valence-electron chi connectivity index (χ0n) is 22.2. The molecule has 0 amide bonds. The highest BCUT2D eigenvalue weighted by Crippen LogP contribution is 2.26. The van der Waals surface area contributed by atoms with Crippen LogP contribution in [0, 0.1) is 0 Å². The molecule has 6 heteroatoms. The summed E-state index contributed by atoms with van der Waals surface area (Å²) in [7, 11) is -5.49. The summed E-state index contributed by atoms with van der Waals surface area (Å²) in [6, 6.07) is 1.22. The highest BCUT2D eigenvalue weighted by molar-refractivity contribution is 6.86. The van der Waals surface area contributed by atoms with Gasteiger partial charge in [-0.3, -0.25) is 0 Å². The molecule has 0 aromatic heterocycles. The molecule has 1 aliphatic heterocycles. The van der Waals surface area contributed by atoms with Crippen molar-refractivity contribution in [2.75, 3.05) is 6.61 Å². The molecule has 1 heterocycles. The highest BCUT2D eigenvalue weighted by atomic mass is 28.5. The van der Waals surface area contributed by atoms with E-state index in [0.717, 1.165) is 13.0 Å². The molecule has 186 valence electrons. The molecule has 0 N–H and O–H groups in total. The van der Waals surface area contributed by atoms with Crippen molar-refractivity contribution < 1.29 is 12.7 Å². The molecule has 4 rings (SSSR count). The van der Waals surface area contributed by atoms with Gasteiger partial charge in [-0.25, -0.2) is 0 Å². The summed E-state index contributed by atoms with van der Waals surface area (Å²) < 4.78 is 18.4. The summed E-state index contributed by atoms with van der Waals surface area (Å²) in [6.07, 6.45) is 24.9. The second kappa shape index (κ2) is 16.2. The number of hydrogen-bond donors (Lipinski definition) is 0. The fourth-order valence-corrected chi connectivity index (χ4v) is 18.0. The van der Waals surface area contributed by atoms with Crippen molar-refractivity contribution in [1.29, 1.82) is 0 Å². The third-order valence-electron chi connectivity index (χ3n) is 6.39. The highest BCUT2D eigenvalue weighted by Gasteiger charge is 2.41. The third-order valence-corrected chi connectivity index (χ3v) is 17.0. The maximum atomic E-state index is 6.35. The van der Waals surface area contributed by atoms with Crippen LogP contribution in [0.2, 0.25) is 45.3 Å². The molecule has 0 aromatic rings. The fraction of sp³-hybridized carbons (Fsp3) is 1.00. The standard InChI is InChI=1S/C10H26O3Si3.3C5H10/c1-14(2)10-8-7-9-11-15(3,4)13-16(5,6)12-14;3*1-2-4-5-3-1/h7-10H2,1-6H3;3*1-5H2. The Kier molecular flexibility index (Phi) is 15.5. The lowest BCUT2D eigenvalue weighted by molar-refractivity contribution is 0.221. The van der Waals surface area contributed by atoms with Crippen molar-refractivity contribution in [3.8, 4) is 0 Å². The maximum absolute atomic E-state index is 6.35. The van der Waals surface area contributed by atoms with Gasteiger partial charge in [0, 0.05) is 6.61 Å². The van der Waals surface area contributed by atoms with Crippen LogP contribution < -0.4 is 0 Å². The molecule has 3 saturated carbocycles. The maximum Gasteiger partial charge on any atom is 0.322 e. The van der Waals surface area contributed by atoms with Crippen molar-refractivity contribution in [3.05, 3.63) is 0 Å². The number of hydrogen-bond acceptors (Lipinski definition) is 3. The minimum Gasteiger partial charge on any atom is -0.436 e. The van der Waals surface area contributed by atoms with Gasteiger partial charge < -0.3 is 12.7 Å². The second-order valence-corrected chi connectivity index (χ2v) is 22.9. The number of rotatable bonds is 0. The molecule has 3 aliphatic carbocycles. The summed E-state index contributed by atoms with van der Waals surface area (Å²) in [5, 5.41) is 0. The monoisotopic (exact) mass is 488 g/mol. The Bertz CT molecular complexity index is 361. The van der Waals surface area contributed by atoms with Gasteiger partial charge in [0.25, 0.3) is 0 Å². The van der Waals surface area contributed by atoms with E-state index in [4.69, 9.17) is 12.7 Å². The first-order chi connectivity index (χ1) is 14.6. The van der Waals surface area contributed by atoms with E-state index in [9.17, 15) is 0 Å². The predicted molar refractivity (Wildman–Crippen MR) is 144 cm³/mol. The van der Waals surface area contributed by atoms with Crippen molar-refractivity contribution in [2.24, 2.45) is 0 Å². The summed E-state index contributed by atoms with van der Waals surface area (Å²) in [5.41, 5.74) is 0. The van der Waals surface area contributed by atoms with Crippen LogP contribution in [0.5, 0.6) is 0 Å². The average Bonchev–Trinajstić information content (AvgIpc) is 3.48. The van der Waals surface area contributed by atoms with Crippen LogP contribution in [0.4, 0.5) is 0 Å². The van der Waals surface area contributed by atoms with Crippen molar-refractivity contribution in [2.45, 2.75) is 154 Å². The van der Waals surface area contributed by atoms with Gasteiger partial charge in [0.05, 0.1) is 0 Å². The quantitative estimate of drug-likeness (QED) is 0.318. The van der Waals surface area contributed by atoms with Gasteiger partial charge in [0.15, 0.2) is 8.32 Å². The molecule has 0 bridgehead atoms. The molecule has 0 atom stereocenters. The van der Waals surface area contributed by atoms with E-state index >= 15 is 0 Å².